The van der Waals surface area contributed by atoms with Crippen molar-refractivity contribution >= 4 is 35.2 Å². The number of amides is 3. The zero-order chi connectivity index (χ0) is 25.0. The molecule has 16 nitrogen and oxygen atoms in total. The third-order valence-corrected chi connectivity index (χ3v) is 4.75. The first-order chi connectivity index (χ1) is 16.1. The summed E-state index contributed by atoms with van der Waals surface area (Å²) in [6.45, 7) is 3.28. The van der Waals surface area contributed by atoms with Gasteiger partial charge in [-0.05, 0) is 18.8 Å². The van der Waals surface area contributed by atoms with Gasteiger partial charge in [0.25, 0.3) is 17.7 Å². The Morgan fingerprint density at radius 3 is 2.18 bits per heavy atom. The second-order valence-electron chi connectivity index (χ2n) is 6.99. The summed E-state index contributed by atoms with van der Waals surface area (Å²) in [7, 11) is 1.38. The number of nitriles is 1. The number of aryl methyl sites for hydroxylation is 1. The predicted molar refractivity (Wildman–Crippen MR) is 115 cm³/mol. The molecule has 0 aliphatic rings. The van der Waals surface area contributed by atoms with E-state index in [1.54, 1.807) is 6.92 Å². The minimum absolute atomic E-state index is 0.0220. The van der Waals surface area contributed by atoms with Gasteiger partial charge >= 0.3 is 5.82 Å². The number of rotatable bonds is 8. The topological polar surface area (TPSA) is 229 Å². The number of aromatic amines is 2. The van der Waals surface area contributed by atoms with Gasteiger partial charge in [0.1, 0.15) is 11.4 Å². The highest BCUT2D eigenvalue weighted by atomic mass is 16.6. The van der Waals surface area contributed by atoms with Crippen LogP contribution in [0.3, 0.4) is 0 Å². The summed E-state index contributed by atoms with van der Waals surface area (Å²) >= 11 is 0. The summed E-state index contributed by atoms with van der Waals surface area (Å²) in [6, 6.07) is 2.92. The van der Waals surface area contributed by atoms with Gasteiger partial charge in [0.15, 0.2) is 17.3 Å². The molecule has 3 heterocycles. The summed E-state index contributed by atoms with van der Waals surface area (Å²) in [4.78, 5) is 47.5. The van der Waals surface area contributed by atoms with Gasteiger partial charge in [0, 0.05) is 17.7 Å². The lowest BCUT2D eigenvalue weighted by molar-refractivity contribution is -0.389. The molecule has 3 amide bonds. The van der Waals surface area contributed by atoms with Crippen molar-refractivity contribution in [1.82, 2.24) is 35.5 Å². The highest BCUT2D eigenvalue weighted by Gasteiger charge is 2.24. The number of nitro groups is 1. The van der Waals surface area contributed by atoms with Crippen LogP contribution in [0.15, 0.2) is 6.07 Å². The molecular weight excluding hydrogens is 450 g/mol. The van der Waals surface area contributed by atoms with E-state index in [-0.39, 0.29) is 41.7 Å². The Morgan fingerprint density at radius 1 is 1.09 bits per heavy atom. The van der Waals surface area contributed by atoms with E-state index < -0.39 is 28.5 Å². The fourth-order valence-corrected chi connectivity index (χ4v) is 2.90. The van der Waals surface area contributed by atoms with E-state index in [9.17, 15) is 24.5 Å². The van der Waals surface area contributed by atoms with Crippen molar-refractivity contribution in [1.29, 1.82) is 5.26 Å². The van der Waals surface area contributed by atoms with Crippen molar-refractivity contribution in [3.8, 4) is 6.07 Å². The molecule has 0 aliphatic carbocycles. The van der Waals surface area contributed by atoms with Gasteiger partial charge in [-0.25, -0.2) is 0 Å². The van der Waals surface area contributed by atoms with Crippen LogP contribution in [0.4, 0.5) is 17.5 Å². The van der Waals surface area contributed by atoms with Crippen LogP contribution in [0.25, 0.3) is 0 Å². The van der Waals surface area contributed by atoms with Crippen molar-refractivity contribution < 1.29 is 19.3 Å². The molecule has 3 aromatic heterocycles. The van der Waals surface area contributed by atoms with Gasteiger partial charge in [0.2, 0.25) is 0 Å². The van der Waals surface area contributed by atoms with Gasteiger partial charge in [0.05, 0.1) is 30.7 Å². The maximum absolute atomic E-state index is 12.7. The molecule has 176 valence electrons. The molecule has 0 atom stereocenters. The van der Waals surface area contributed by atoms with E-state index in [0.29, 0.717) is 11.1 Å². The molecule has 0 bridgehead atoms. The number of hydrogen-bond donors (Lipinski definition) is 5. The molecule has 3 aromatic rings. The summed E-state index contributed by atoms with van der Waals surface area (Å²) < 4.78 is 1.05. The largest absolute Gasteiger partial charge is 0.390 e. The van der Waals surface area contributed by atoms with E-state index in [1.807, 2.05) is 6.07 Å². The van der Waals surface area contributed by atoms with Crippen molar-refractivity contribution in [3.05, 3.63) is 44.4 Å². The van der Waals surface area contributed by atoms with Crippen LogP contribution >= 0.6 is 0 Å². The Hall–Kier alpha value is -5.07. The van der Waals surface area contributed by atoms with Crippen LogP contribution in [0.5, 0.6) is 0 Å². The SMILES string of the molecule is Cc1c(NC(=O)c2[nH]nc(NC(=O)c3cc([N+](=O)[O-])nn3C)c2C)n[nH]c1C(=O)NCCC#N. The number of carbonyl (C=O) groups is 3. The quantitative estimate of drug-likeness (QED) is 0.176. The third kappa shape index (κ3) is 4.72. The minimum atomic E-state index is -0.725. The van der Waals surface area contributed by atoms with E-state index >= 15 is 0 Å². The first-order valence-corrected chi connectivity index (χ1v) is 9.70. The smallest absolute Gasteiger partial charge is 0.358 e. The molecule has 0 spiro atoms. The van der Waals surface area contributed by atoms with E-state index in [2.05, 4.69) is 41.4 Å². The minimum Gasteiger partial charge on any atom is -0.358 e. The van der Waals surface area contributed by atoms with Crippen LogP contribution < -0.4 is 16.0 Å². The molecule has 0 aromatic carbocycles. The lowest BCUT2D eigenvalue weighted by atomic mass is 10.2. The maximum Gasteiger partial charge on any atom is 0.390 e. The maximum atomic E-state index is 12.7. The van der Waals surface area contributed by atoms with Gasteiger partial charge < -0.3 is 26.1 Å². The number of anilines is 2. The van der Waals surface area contributed by atoms with Gasteiger partial charge in [-0.1, -0.05) is 0 Å². The van der Waals surface area contributed by atoms with Crippen LogP contribution in [-0.2, 0) is 7.05 Å². The lowest BCUT2D eigenvalue weighted by Gasteiger charge is -2.04. The van der Waals surface area contributed by atoms with E-state index in [0.717, 1.165) is 10.7 Å². The van der Waals surface area contributed by atoms with Gasteiger partial charge in [-0.15, -0.1) is 0 Å². The monoisotopic (exact) mass is 469 g/mol. The van der Waals surface area contributed by atoms with Crippen LogP contribution in [0.1, 0.15) is 49.0 Å². The number of carbonyl (C=O) groups excluding carboxylic acids is 3. The summed E-state index contributed by atoms with van der Waals surface area (Å²) in [6.07, 6.45) is 0.151. The molecule has 0 radical (unpaired) electrons. The van der Waals surface area contributed by atoms with Crippen LogP contribution in [-0.4, -0.2) is 59.4 Å². The van der Waals surface area contributed by atoms with Crippen molar-refractivity contribution in [3.63, 3.8) is 0 Å². The first kappa shape index (κ1) is 23.6. The zero-order valence-corrected chi connectivity index (χ0v) is 18.2. The summed E-state index contributed by atoms with van der Waals surface area (Å²) in [5.41, 5.74) is 0.755. The zero-order valence-electron chi connectivity index (χ0n) is 18.2. The Labute approximate surface area is 190 Å². The number of H-pyrrole nitrogens is 2. The molecule has 0 unspecified atom stereocenters. The number of hydrogen-bond acceptors (Lipinski definition) is 9. The molecule has 3 rings (SSSR count). The van der Waals surface area contributed by atoms with Crippen LogP contribution in [0, 0.1) is 35.3 Å². The van der Waals surface area contributed by atoms with E-state index in [1.165, 1.54) is 14.0 Å². The molecule has 0 saturated heterocycles. The second-order valence-corrected chi connectivity index (χ2v) is 6.99. The molecule has 5 N–H and O–H groups in total. The van der Waals surface area contributed by atoms with Crippen molar-refractivity contribution in [2.45, 2.75) is 20.3 Å². The van der Waals surface area contributed by atoms with Gasteiger partial charge in [-0.2, -0.15) is 20.1 Å². The molecule has 0 fully saturated rings. The van der Waals surface area contributed by atoms with Crippen molar-refractivity contribution in [2.75, 3.05) is 17.2 Å². The number of aromatic nitrogens is 6. The molecular formula is C18H19N11O5. The van der Waals surface area contributed by atoms with Crippen LogP contribution in [0.2, 0.25) is 0 Å². The number of nitrogens with zero attached hydrogens (tertiary/aromatic N) is 6. The highest BCUT2D eigenvalue weighted by Crippen LogP contribution is 2.20. The van der Waals surface area contributed by atoms with Gasteiger partial charge in [-0.3, -0.25) is 24.6 Å². The standard InChI is InChI=1S/C18H19N11O5/c1-8-12(17(31)20-6-4-5-19)23-26-15(8)22-18(32)13-9(2)14(25-24-13)21-16(30)10-7-11(29(33)34)27-28(10)3/h7H,4,6H2,1-3H3,(H,20,31)(H2,21,24,25,30)(H2,22,23,26,32). The normalized spacial score (nSPS) is 10.4. The Morgan fingerprint density at radius 2 is 1.65 bits per heavy atom. The fourth-order valence-electron chi connectivity index (χ4n) is 2.90. The molecule has 0 saturated carbocycles. The fraction of sp³-hybridized carbons (Fsp3) is 0.278. The molecule has 16 heteroatoms. The Kier molecular flexibility index (Phi) is 6.66. The van der Waals surface area contributed by atoms with Crippen molar-refractivity contribution in [2.24, 2.45) is 7.05 Å². The average Bonchev–Trinajstić information content (AvgIpc) is 3.46. The predicted octanol–water partition coefficient (Wildman–Crippen LogP) is 0.539. The first-order valence-electron chi connectivity index (χ1n) is 9.70. The number of nitrogens with one attached hydrogen (secondary N) is 5. The second kappa shape index (κ2) is 9.60. The van der Waals surface area contributed by atoms with E-state index in [4.69, 9.17) is 5.26 Å². The molecule has 34 heavy (non-hydrogen) atoms. The highest BCUT2D eigenvalue weighted by molar-refractivity contribution is 6.07. The lowest BCUT2D eigenvalue weighted by Crippen LogP contribution is -2.25. The summed E-state index contributed by atoms with van der Waals surface area (Å²) in [5, 5.41) is 43.5. The summed E-state index contributed by atoms with van der Waals surface area (Å²) in [5.74, 6) is -2.15. The Balaban J connectivity index is 1.71. The Bertz CT molecular complexity index is 1330. The molecule has 0 aliphatic heterocycles. The average molecular weight is 469 g/mol. The third-order valence-electron chi connectivity index (χ3n) is 4.75.